The lowest BCUT2D eigenvalue weighted by Gasteiger charge is -2.44. The lowest BCUT2D eigenvalue weighted by molar-refractivity contribution is 0.378. The summed E-state index contributed by atoms with van der Waals surface area (Å²) in [6, 6.07) is 12.6. The molecule has 0 saturated carbocycles. The molecule has 0 saturated heterocycles. The van der Waals surface area contributed by atoms with Crippen LogP contribution in [0.5, 0.6) is 5.75 Å². The van der Waals surface area contributed by atoms with Gasteiger partial charge in [-0.3, -0.25) is 0 Å². The Morgan fingerprint density at radius 1 is 0.333 bits per heavy atom. The van der Waals surface area contributed by atoms with Crippen LogP contribution in [0.25, 0.3) is 10.8 Å². The van der Waals surface area contributed by atoms with Crippen molar-refractivity contribution >= 4 is 49.7 Å². The monoisotopic (exact) mass is 898 g/mol. The quantitative estimate of drug-likeness (QED) is 0.0534. The van der Waals surface area contributed by atoms with E-state index in [0.29, 0.717) is 0 Å². The number of fused-ring (bicyclic) bond motifs is 1. The molecular formula is C37H15BF20OS. The Balaban J connectivity index is 0.000000379. The van der Waals surface area contributed by atoms with E-state index in [1.54, 1.807) is 7.11 Å². The van der Waals surface area contributed by atoms with E-state index in [0.717, 1.165) is 5.75 Å². The van der Waals surface area contributed by atoms with Crippen molar-refractivity contribution in [2.24, 2.45) is 0 Å². The standard InChI is InChI=1S/C24BF20.C13H15OS/c26-5-1(6(27)14(35)21(42)13(5)34)25(2-7(28)15(36)22(43)16(37)8(2)29,3-9(30)17(38)23(44)18(39)10(3)31)4-11(32)19(40)24(45)20(41)12(4)33;1-14-12-8-9-13(15(2)3)11-7-5-4-6-10(11)12/h;4-9H,1-3H3/q-1;+1. The predicted molar refractivity (Wildman–Crippen MR) is 177 cm³/mol. The zero-order valence-corrected chi connectivity index (χ0v) is 30.2. The lowest BCUT2D eigenvalue weighted by atomic mass is 9.12. The van der Waals surface area contributed by atoms with Crippen LogP contribution >= 0.6 is 0 Å². The number of ether oxygens (including phenoxy) is 1. The fourth-order valence-electron chi connectivity index (χ4n) is 6.65. The van der Waals surface area contributed by atoms with Gasteiger partial charge in [-0.2, -0.15) is 0 Å². The fourth-order valence-corrected chi connectivity index (χ4v) is 7.61. The van der Waals surface area contributed by atoms with Crippen molar-refractivity contribution in [2.75, 3.05) is 19.6 Å². The summed E-state index contributed by atoms with van der Waals surface area (Å²) in [5, 5.41) is 2.52. The molecule has 0 heterocycles. The van der Waals surface area contributed by atoms with E-state index in [9.17, 15) is 52.7 Å². The molecule has 0 amide bonds. The summed E-state index contributed by atoms with van der Waals surface area (Å²) < 4.78 is 299. The maximum Gasteiger partial charge on any atom is 0.200 e. The lowest BCUT2D eigenvalue weighted by Crippen LogP contribution is -2.81. The van der Waals surface area contributed by atoms with E-state index >= 15 is 35.1 Å². The fraction of sp³-hybridized carbons (Fsp3) is 0.0811. The number of hydrogen-bond donors (Lipinski definition) is 0. The Kier molecular flexibility index (Phi) is 12.5. The number of hydrogen-bond acceptors (Lipinski definition) is 1. The van der Waals surface area contributed by atoms with E-state index in [-0.39, 0.29) is 10.9 Å². The van der Waals surface area contributed by atoms with E-state index in [1.165, 1.54) is 15.7 Å². The van der Waals surface area contributed by atoms with Crippen LogP contribution in [0.15, 0.2) is 41.3 Å². The maximum atomic E-state index is 15.4. The second-order valence-electron chi connectivity index (χ2n) is 12.4. The van der Waals surface area contributed by atoms with Gasteiger partial charge in [0.1, 0.15) is 70.9 Å². The van der Waals surface area contributed by atoms with Crippen molar-refractivity contribution in [3.8, 4) is 5.75 Å². The summed E-state index contributed by atoms with van der Waals surface area (Å²) in [5.41, 5.74) is -14.3. The summed E-state index contributed by atoms with van der Waals surface area (Å²) in [6.45, 7) is 0. The number of rotatable bonds is 6. The molecule has 6 aromatic rings. The average molecular weight is 898 g/mol. The van der Waals surface area contributed by atoms with Crippen molar-refractivity contribution in [3.05, 3.63) is 153 Å². The normalized spacial score (nSPS) is 11.7. The summed E-state index contributed by atoms with van der Waals surface area (Å²) in [5.74, 6) is -70.4. The predicted octanol–water partition coefficient (Wildman–Crippen LogP) is 8.93. The second-order valence-corrected chi connectivity index (χ2v) is 14.5. The van der Waals surface area contributed by atoms with E-state index in [4.69, 9.17) is 4.74 Å². The SMILES string of the molecule is COc1ccc([S+](C)C)c2ccccc12.Fc1c(F)c(F)c([B-](c2c(F)c(F)c(F)c(F)c2F)(c2c(F)c(F)c(F)c(F)c2F)c2c(F)c(F)c(F)c(F)c2F)c(F)c1F. The van der Waals surface area contributed by atoms with Crippen LogP contribution in [0.2, 0.25) is 0 Å². The molecule has 60 heavy (non-hydrogen) atoms. The molecule has 0 atom stereocenters. The molecule has 6 rings (SSSR count). The molecule has 23 heteroatoms. The molecule has 0 radical (unpaired) electrons. The highest BCUT2D eigenvalue weighted by atomic mass is 32.2. The molecule has 6 aromatic carbocycles. The van der Waals surface area contributed by atoms with Crippen LogP contribution < -0.4 is 26.6 Å². The molecular weight excluding hydrogens is 883 g/mol. The van der Waals surface area contributed by atoms with Gasteiger partial charge in [-0.25, -0.2) is 87.8 Å². The Bertz CT molecular complexity index is 2360. The van der Waals surface area contributed by atoms with Crippen molar-refractivity contribution in [3.63, 3.8) is 0 Å². The van der Waals surface area contributed by atoms with Gasteiger partial charge in [0.2, 0.25) is 0 Å². The van der Waals surface area contributed by atoms with E-state index < -0.39 is 144 Å². The highest BCUT2D eigenvalue weighted by Gasteiger charge is 2.52. The van der Waals surface area contributed by atoms with Crippen LogP contribution in [-0.4, -0.2) is 25.8 Å². The Hall–Kier alpha value is -5.61. The van der Waals surface area contributed by atoms with Gasteiger partial charge in [-0.15, -0.1) is 21.9 Å². The van der Waals surface area contributed by atoms with Gasteiger partial charge < -0.3 is 4.74 Å². The molecule has 0 aliphatic rings. The Morgan fingerprint density at radius 2 is 0.567 bits per heavy atom. The molecule has 0 unspecified atom stereocenters. The van der Waals surface area contributed by atoms with Crippen LogP contribution in [0.3, 0.4) is 0 Å². The van der Waals surface area contributed by atoms with Crippen molar-refractivity contribution in [2.45, 2.75) is 4.90 Å². The van der Waals surface area contributed by atoms with Gasteiger partial charge in [0.05, 0.1) is 7.11 Å². The van der Waals surface area contributed by atoms with Gasteiger partial charge in [-0.1, -0.05) is 18.2 Å². The molecule has 0 aliphatic heterocycles. The minimum Gasteiger partial charge on any atom is -0.496 e. The minimum atomic E-state index is -7.22. The Labute approximate surface area is 325 Å². The number of halogens is 20. The molecule has 0 fully saturated rings. The molecule has 0 aliphatic carbocycles. The third-order valence-corrected chi connectivity index (χ3v) is 10.4. The smallest absolute Gasteiger partial charge is 0.200 e. The van der Waals surface area contributed by atoms with Crippen molar-refractivity contribution in [1.82, 2.24) is 0 Å². The summed E-state index contributed by atoms with van der Waals surface area (Å²) >= 11 is 0. The van der Waals surface area contributed by atoms with Crippen molar-refractivity contribution < 1.29 is 92.5 Å². The topological polar surface area (TPSA) is 9.23 Å². The maximum absolute atomic E-state index is 15.4. The van der Waals surface area contributed by atoms with Gasteiger partial charge in [0, 0.05) is 21.7 Å². The van der Waals surface area contributed by atoms with Crippen LogP contribution in [0, 0.1) is 116 Å². The van der Waals surface area contributed by atoms with E-state index in [1.807, 2.05) is 0 Å². The van der Waals surface area contributed by atoms with Crippen LogP contribution in [0.4, 0.5) is 87.8 Å². The molecule has 0 spiro atoms. The van der Waals surface area contributed by atoms with Crippen LogP contribution in [0.1, 0.15) is 0 Å². The third kappa shape index (κ3) is 6.64. The zero-order valence-electron chi connectivity index (χ0n) is 29.4. The zero-order chi connectivity index (χ0) is 45.2. The number of methoxy groups -OCH3 is 1. The van der Waals surface area contributed by atoms with Crippen molar-refractivity contribution in [1.29, 1.82) is 0 Å². The van der Waals surface area contributed by atoms with Gasteiger partial charge in [0.15, 0.2) is 74.7 Å². The number of benzene rings is 6. The summed E-state index contributed by atoms with van der Waals surface area (Å²) in [4.78, 5) is 1.41. The first-order chi connectivity index (χ1) is 27.9. The second kappa shape index (κ2) is 16.5. The first-order valence-corrected chi connectivity index (χ1v) is 17.8. The minimum absolute atomic E-state index is 0.281. The first kappa shape index (κ1) is 45.5. The Morgan fingerprint density at radius 3 is 0.800 bits per heavy atom. The molecule has 0 aromatic heterocycles. The average Bonchev–Trinajstić information content (AvgIpc) is 3.23. The largest absolute Gasteiger partial charge is 0.496 e. The first-order valence-electron chi connectivity index (χ1n) is 15.8. The molecule has 318 valence electrons. The highest BCUT2D eigenvalue weighted by molar-refractivity contribution is 7.95. The summed E-state index contributed by atoms with van der Waals surface area (Å²) in [7, 11) is 2.00. The highest BCUT2D eigenvalue weighted by Crippen LogP contribution is 2.32. The van der Waals surface area contributed by atoms with Gasteiger partial charge >= 0.3 is 0 Å². The van der Waals surface area contributed by atoms with E-state index in [2.05, 4.69) is 48.9 Å². The molecule has 0 bridgehead atoms. The van der Waals surface area contributed by atoms with Crippen LogP contribution in [-0.2, 0) is 10.9 Å². The summed E-state index contributed by atoms with van der Waals surface area (Å²) in [6.07, 6.45) is -2.73. The molecule has 0 N–H and O–H groups in total. The molecule has 1 nitrogen and oxygen atoms in total. The van der Waals surface area contributed by atoms with Gasteiger partial charge in [-0.05, 0) is 18.2 Å². The third-order valence-electron chi connectivity index (χ3n) is 9.21. The van der Waals surface area contributed by atoms with Gasteiger partial charge in [0.25, 0.3) is 0 Å².